The first kappa shape index (κ1) is 21.9. The van der Waals surface area contributed by atoms with E-state index in [4.69, 9.17) is 4.42 Å². The predicted molar refractivity (Wildman–Crippen MR) is 114 cm³/mol. The van der Waals surface area contributed by atoms with Crippen molar-refractivity contribution in [1.82, 2.24) is 25.1 Å². The smallest absolute Gasteiger partial charge is 0.425 e. The highest BCUT2D eigenvalue weighted by Crippen LogP contribution is 2.38. The number of nitrogens with one attached hydrogen (secondary N) is 1. The second kappa shape index (κ2) is 7.97. The molecule has 3 heterocycles. The topological polar surface area (TPSA) is 89.6 Å². The normalized spacial score (nSPS) is 12.2. The minimum absolute atomic E-state index is 0.130. The third kappa shape index (κ3) is 4.47. The van der Waals surface area contributed by atoms with E-state index in [9.17, 15) is 13.2 Å². The molecule has 0 aliphatic carbocycles. The Hall–Kier alpha value is -3.34. The van der Waals surface area contributed by atoms with Crippen LogP contribution in [0.2, 0.25) is 0 Å². The van der Waals surface area contributed by atoms with Crippen LogP contribution >= 0.6 is 11.3 Å². The molecule has 0 saturated heterocycles. The largest absolute Gasteiger partial charge is 0.433 e. The van der Waals surface area contributed by atoms with Gasteiger partial charge in [0.25, 0.3) is 0 Å². The molecule has 1 aromatic carbocycles. The van der Waals surface area contributed by atoms with E-state index in [1.165, 1.54) is 11.3 Å². The van der Waals surface area contributed by atoms with Crippen molar-refractivity contribution in [2.75, 3.05) is 5.32 Å². The van der Waals surface area contributed by atoms with Crippen molar-refractivity contribution in [2.45, 2.75) is 39.3 Å². The van der Waals surface area contributed by atoms with E-state index in [0.717, 1.165) is 33.3 Å². The number of anilines is 2. The van der Waals surface area contributed by atoms with Crippen LogP contribution in [0.3, 0.4) is 0 Å². The molecule has 0 fully saturated rings. The number of aromatic nitrogens is 5. The van der Waals surface area contributed by atoms with Gasteiger partial charge in [0, 0.05) is 25.0 Å². The van der Waals surface area contributed by atoms with Crippen molar-refractivity contribution in [3.05, 3.63) is 64.7 Å². The molecule has 0 unspecified atom stereocenters. The lowest BCUT2D eigenvalue weighted by atomic mass is 9.95. The molecular weight excluding hydrogens is 441 g/mol. The lowest BCUT2D eigenvalue weighted by Gasteiger charge is -2.16. The fraction of sp³-hybridized carbons (Fsp3) is 0.286. The van der Waals surface area contributed by atoms with Crippen molar-refractivity contribution >= 4 is 23.0 Å². The number of aryl methyl sites for hydroxylation is 2. The highest BCUT2D eigenvalue weighted by atomic mass is 32.1. The van der Waals surface area contributed by atoms with Crippen LogP contribution < -0.4 is 5.32 Å². The van der Waals surface area contributed by atoms with Crippen molar-refractivity contribution < 1.29 is 17.6 Å². The van der Waals surface area contributed by atoms with E-state index >= 15 is 0 Å². The fourth-order valence-corrected chi connectivity index (χ4v) is 4.04. The molecule has 7 nitrogen and oxygen atoms in total. The third-order valence-electron chi connectivity index (χ3n) is 4.67. The molecule has 11 heteroatoms. The zero-order valence-electron chi connectivity index (χ0n) is 17.7. The molecule has 0 aliphatic rings. The summed E-state index contributed by atoms with van der Waals surface area (Å²) < 4.78 is 44.4. The van der Waals surface area contributed by atoms with Gasteiger partial charge in [-0.05, 0) is 50.1 Å². The third-order valence-corrected chi connectivity index (χ3v) is 6.04. The Balaban J connectivity index is 1.63. The lowest BCUT2D eigenvalue weighted by molar-refractivity contribution is -0.141. The summed E-state index contributed by atoms with van der Waals surface area (Å²) in [6.45, 7) is 7.54. The Bertz CT molecular complexity index is 1260. The Morgan fingerprint density at radius 3 is 2.50 bits per heavy atom. The highest BCUT2D eigenvalue weighted by molar-refractivity contribution is 7.15. The molecule has 3 aromatic heterocycles. The van der Waals surface area contributed by atoms with E-state index < -0.39 is 17.3 Å². The molecule has 4 rings (SSSR count). The second-order valence-corrected chi connectivity index (χ2v) is 8.79. The number of benzene rings is 1. The Morgan fingerprint density at radius 2 is 1.81 bits per heavy atom. The highest BCUT2D eigenvalue weighted by Gasteiger charge is 2.33. The van der Waals surface area contributed by atoms with E-state index in [0.29, 0.717) is 17.5 Å². The molecule has 0 radical (unpaired) electrons. The summed E-state index contributed by atoms with van der Waals surface area (Å²) in [6, 6.07) is 6.43. The van der Waals surface area contributed by atoms with Gasteiger partial charge in [0.1, 0.15) is 10.7 Å². The summed E-state index contributed by atoms with van der Waals surface area (Å²) in [6.07, 6.45) is -1.71. The van der Waals surface area contributed by atoms with Gasteiger partial charge >= 0.3 is 6.18 Å². The van der Waals surface area contributed by atoms with Crippen LogP contribution in [0, 0.1) is 13.8 Å². The van der Waals surface area contributed by atoms with Crippen LogP contribution in [0.5, 0.6) is 0 Å². The van der Waals surface area contributed by atoms with Crippen molar-refractivity contribution in [2.24, 2.45) is 0 Å². The first-order chi connectivity index (χ1) is 15.0. The summed E-state index contributed by atoms with van der Waals surface area (Å²) in [5.41, 5.74) is 0.773. The van der Waals surface area contributed by atoms with Gasteiger partial charge < -0.3 is 9.73 Å². The quantitative estimate of drug-likeness (QED) is 0.409. The first-order valence-corrected chi connectivity index (χ1v) is 10.4. The van der Waals surface area contributed by atoms with Crippen LogP contribution in [0.25, 0.3) is 10.4 Å². The van der Waals surface area contributed by atoms with E-state index in [1.807, 2.05) is 32.9 Å². The molecule has 0 atom stereocenters. The van der Waals surface area contributed by atoms with Gasteiger partial charge in [0.2, 0.25) is 17.7 Å². The maximum absolute atomic E-state index is 12.9. The van der Waals surface area contributed by atoms with Gasteiger partial charge in [-0.25, -0.2) is 15.0 Å². The molecule has 0 bridgehead atoms. The van der Waals surface area contributed by atoms with Crippen molar-refractivity contribution in [1.29, 1.82) is 0 Å². The summed E-state index contributed by atoms with van der Waals surface area (Å²) in [4.78, 5) is 12.9. The summed E-state index contributed by atoms with van der Waals surface area (Å²) in [7, 11) is 0. The van der Waals surface area contributed by atoms with Crippen LogP contribution in [-0.2, 0) is 11.6 Å². The molecule has 0 amide bonds. The van der Waals surface area contributed by atoms with Gasteiger partial charge in [-0.2, -0.15) is 13.2 Å². The van der Waals surface area contributed by atoms with Gasteiger partial charge in [-0.15, -0.1) is 21.5 Å². The van der Waals surface area contributed by atoms with E-state index in [-0.39, 0.29) is 5.95 Å². The minimum Gasteiger partial charge on any atom is -0.425 e. The van der Waals surface area contributed by atoms with E-state index in [2.05, 4.69) is 30.5 Å². The van der Waals surface area contributed by atoms with Crippen LogP contribution in [0.15, 0.2) is 41.1 Å². The van der Waals surface area contributed by atoms with E-state index in [1.54, 1.807) is 19.2 Å². The average Bonchev–Trinajstić information content (AvgIpc) is 3.37. The number of halogens is 3. The van der Waals surface area contributed by atoms with Crippen LogP contribution in [0.1, 0.15) is 41.9 Å². The van der Waals surface area contributed by atoms with Crippen molar-refractivity contribution in [3.8, 4) is 10.4 Å². The Morgan fingerprint density at radius 1 is 1.03 bits per heavy atom. The number of thiazole rings is 1. The summed E-state index contributed by atoms with van der Waals surface area (Å²) in [5, 5.41) is 11.7. The lowest BCUT2D eigenvalue weighted by Crippen LogP contribution is -2.19. The molecule has 1 N–H and O–H groups in total. The zero-order valence-corrected chi connectivity index (χ0v) is 18.5. The predicted octanol–water partition coefficient (Wildman–Crippen LogP) is 5.69. The molecular formula is C21H19F3N6OS. The van der Waals surface area contributed by atoms with Crippen molar-refractivity contribution in [3.63, 3.8) is 0 Å². The fourth-order valence-electron chi connectivity index (χ4n) is 3.04. The molecule has 32 heavy (non-hydrogen) atoms. The number of hydrogen-bond acceptors (Lipinski definition) is 8. The molecule has 166 valence electrons. The standard InChI is InChI=1S/C21H19F3N6OS/c1-11-7-13(9-14(8-11)27-19-25-6-5-16(28-19)21(22,23)24)15-10-26-18(32-15)20(3,4)17-30-29-12(2)31-17/h5-10H,1-4H3,(H,25,27,28). The zero-order chi connectivity index (χ0) is 23.1. The SMILES string of the molecule is Cc1cc(Nc2nccc(C(F)(F)F)n2)cc(-c2cnc(C(C)(C)c3nnc(C)o3)s2)c1. The maximum Gasteiger partial charge on any atom is 0.433 e. The van der Waals surface area contributed by atoms with Gasteiger partial charge in [0.05, 0.1) is 10.3 Å². The number of alkyl halides is 3. The number of nitrogens with zero attached hydrogens (tertiary/aromatic N) is 5. The second-order valence-electron chi connectivity index (χ2n) is 7.76. The van der Waals surface area contributed by atoms with Gasteiger partial charge in [-0.3, -0.25) is 0 Å². The minimum atomic E-state index is -4.54. The number of rotatable bonds is 5. The maximum atomic E-state index is 12.9. The molecule has 4 aromatic rings. The summed E-state index contributed by atoms with van der Waals surface area (Å²) in [5.74, 6) is 0.828. The van der Waals surface area contributed by atoms with Crippen LogP contribution in [0.4, 0.5) is 24.8 Å². The van der Waals surface area contributed by atoms with Crippen LogP contribution in [-0.4, -0.2) is 25.1 Å². The van der Waals surface area contributed by atoms with Gasteiger partial charge in [-0.1, -0.05) is 6.07 Å². The Kier molecular flexibility index (Phi) is 5.45. The molecule has 0 saturated carbocycles. The Labute approximate surface area is 185 Å². The summed E-state index contributed by atoms with van der Waals surface area (Å²) >= 11 is 1.48. The molecule has 0 spiro atoms. The first-order valence-electron chi connectivity index (χ1n) is 9.58. The molecule has 0 aliphatic heterocycles. The average molecular weight is 460 g/mol. The monoisotopic (exact) mass is 460 g/mol. The number of hydrogen-bond donors (Lipinski definition) is 1. The van der Waals surface area contributed by atoms with Gasteiger partial charge in [0.15, 0.2) is 0 Å².